The van der Waals surface area contributed by atoms with Gasteiger partial charge in [0, 0.05) is 6.54 Å². The zero-order chi connectivity index (χ0) is 18.1. The van der Waals surface area contributed by atoms with E-state index >= 15 is 0 Å². The minimum absolute atomic E-state index is 0.0267. The van der Waals surface area contributed by atoms with Gasteiger partial charge in [-0.3, -0.25) is 9.69 Å². The Hall–Kier alpha value is -1.69. The van der Waals surface area contributed by atoms with Crippen LogP contribution >= 0.6 is 23.2 Å². The second-order valence-corrected chi connectivity index (χ2v) is 6.86. The zero-order valence-corrected chi connectivity index (χ0v) is 15.0. The SMILES string of the molecule is CN1CC(=O)N(CCc2ccc(F)c(F)c2)C1c1ccc(Cl)c(Cl)c1. The standard InChI is InChI=1S/C18H16Cl2F2N2O/c1-23-10-17(25)24(7-6-11-2-5-15(21)16(22)8-11)18(23)12-3-4-13(19)14(20)9-12/h2-5,8-9,18H,6-7,10H2,1H3. The van der Waals surface area contributed by atoms with Gasteiger partial charge in [0.15, 0.2) is 11.6 Å². The van der Waals surface area contributed by atoms with E-state index in [0.717, 1.165) is 17.7 Å². The van der Waals surface area contributed by atoms with Crippen molar-refractivity contribution in [2.24, 2.45) is 0 Å². The summed E-state index contributed by atoms with van der Waals surface area (Å²) in [7, 11) is 1.85. The van der Waals surface area contributed by atoms with Crippen LogP contribution in [-0.2, 0) is 11.2 Å². The lowest BCUT2D eigenvalue weighted by Gasteiger charge is -2.28. The van der Waals surface area contributed by atoms with Crippen LogP contribution in [0.15, 0.2) is 36.4 Å². The third-order valence-corrected chi connectivity index (χ3v) is 5.02. The molecule has 0 radical (unpaired) electrons. The largest absolute Gasteiger partial charge is 0.321 e. The molecule has 132 valence electrons. The number of likely N-dealkylation sites (N-methyl/N-ethyl adjacent to an activating group) is 1. The van der Waals surface area contributed by atoms with Crippen molar-refractivity contribution in [3.8, 4) is 0 Å². The number of rotatable bonds is 4. The summed E-state index contributed by atoms with van der Waals surface area (Å²) in [6.45, 7) is 0.669. The first-order chi connectivity index (χ1) is 11.9. The maximum absolute atomic E-state index is 13.4. The molecular weight excluding hydrogens is 369 g/mol. The highest BCUT2D eigenvalue weighted by atomic mass is 35.5. The molecule has 2 aromatic carbocycles. The average molecular weight is 385 g/mol. The molecule has 0 spiro atoms. The smallest absolute Gasteiger partial charge is 0.238 e. The van der Waals surface area contributed by atoms with Crippen molar-refractivity contribution in [3.63, 3.8) is 0 Å². The molecule has 0 saturated carbocycles. The summed E-state index contributed by atoms with van der Waals surface area (Å²) < 4.78 is 26.4. The molecule has 0 bridgehead atoms. The van der Waals surface area contributed by atoms with Gasteiger partial charge < -0.3 is 4.90 Å². The molecule has 0 N–H and O–H groups in total. The molecule has 1 aliphatic rings. The average Bonchev–Trinajstić information content (AvgIpc) is 2.85. The Morgan fingerprint density at radius 2 is 1.84 bits per heavy atom. The summed E-state index contributed by atoms with van der Waals surface area (Å²) in [5.74, 6) is -1.79. The highest BCUT2D eigenvalue weighted by molar-refractivity contribution is 6.42. The number of nitrogens with zero attached hydrogens (tertiary/aromatic N) is 2. The van der Waals surface area contributed by atoms with Gasteiger partial charge in [-0.25, -0.2) is 8.78 Å². The molecule has 1 heterocycles. The van der Waals surface area contributed by atoms with Gasteiger partial charge in [-0.05, 0) is 48.9 Å². The topological polar surface area (TPSA) is 23.6 Å². The summed E-state index contributed by atoms with van der Waals surface area (Å²) in [6, 6.07) is 9.06. The van der Waals surface area contributed by atoms with Crippen molar-refractivity contribution < 1.29 is 13.6 Å². The fourth-order valence-electron chi connectivity index (χ4n) is 3.06. The number of benzene rings is 2. The van der Waals surface area contributed by atoms with Crippen molar-refractivity contribution in [1.82, 2.24) is 9.80 Å². The second-order valence-electron chi connectivity index (χ2n) is 6.05. The lowest BCUT2D eigenvalue weighted by Crippen LogP contribution is -2.32. The lowest BCUT2D eigenvalue weighted by molar-refractivity contribution is -0.128. The normalized spacial score (nSPS) is 18.2. The fraction of sp³-hybridized carbons (Fsp3) is 0.278. The van der Waals surface area contributed by atoms with Gasteiger partial charge in [-0.1, -0.05) is 35.3 Å². The van der Waals surface area contributed by atoms with E-state index in [1.54, 1.807) is 17.0 Å². The Morgan fingerprint density at radius 1 is 1.08 bits per heavy atom. The minimum atomic E-state index is -0.886. The molecular formula is C18H16Cl2F2N2O. The maximum Gasteiger partial charge on any atom is 0.238 e. The lowest BCUT2D eigenvalue weighted by atomic mass is 10.1. The van der Waals surface area contributed by atoms with Crippen LogP contribution in [0, 0.1) is 11.6 Å². The molecule has 25 heavy (non-hydrogen) atoms. The number of carbonyl (C=O) groups excluding carboxylic acids is 1. The number of amides is 1. The maximum atomic E-state index is 13.4. The van der Waals surface area contributed by atoms with Crippen molar-refractivity contribution >= 4 is 29.1 Å². The quantitative estimate of drug-likeness (QED) is 0.784. The van der Waals surface area contributed by atoms with E-state index in [1.165, 1.54) is 6.07 Å². The van der Waals surface area contributed by atoms with E-state index in [9.17, 15) is 13.6 Å². The molecule has 1 atom stereocenters. The zero-order valence-electron chi connectivity index (χ0n) is 13.5. The van der Waals surface area contributed by atoms with Gasteiger partial charge in [-0.15, -0.1) is 0 Å². The predicted octanol–water partition coefficient (Wildman–Crippen LogP) is 4.29. The molecule has 1 amide bonds. The summed E-state index contributed by atoms with van der Waals surface area (Å²) in [4.78, 5) is 16.0. The first kappa shape index (κ1) is 18.1. The molecule has 3 nitrogen and oxygen atoms in total. The molecule has 0 aromatic heterocycles. The van der Waals surface area contributed by atoms with E-state index in [1.807, 2.05) is 18.0 Å². The van der Waals surface area contributed by atoms with Crippen molar-refractivity contribution in [2.75, 3.05) is 20.1 Å². The minimum Gasteiger partial charge on any atom is -0.321 e. The molecule has 1 saturated heterocycles. The van der Waals surface area contributed by atoms with Crippen LogP contribution in [0.25, 0.3) is 0 Å². The van der Waals surface area contributed by atoms with Gasteiger partial charge in [0.1, 0.15) is 6.17 Å². The highest BCUT2D eigenvalue weighted by Gasteiger charge is 2.36. The van der Waals surface area contributed by atoms with Crippen molar-refractivity contribution in [2.45, 2.75) is 12.6 Å². The van der Waals surface area contributed by atoms with Gasteiger partial charge in [0.2, 0.25) is 5.91 Å². The van der Waals surface area contributed by atoms with E-state index in [4.69, 9.17) is 23.2 Å². The molecule has 1 fully saturated rings. The Labute approximate surface area is 154 Å². The Morgan fingerprint density at radius 3 is 2.52 bits per heavy atom. The molecule has 1 aliphatic heterocycles. The molecule has 3 rings (SSSR count). The van der Waals surface area contributed by atoms with Gasteiger partial charge >= 0.3 is 0 Å². The number of hydrogen-bond donors (Lipinski definition) is 0. The molecule has 2 aromatic rings. The molecule has 0 aliphatic carbocycles. The summed E-state index contributed by atoms with van der Waals surface area (Å²) in [5.41, 5.74) is 1.49. The van der Waals surface area contributed by atoms with Gasteiger partial charge in [0.25, 0.3) is 0 Å². The van der Waals surface area contributed by atoms with E-state index in [2.05, 4.69) is 0 Å². The van der Waals surface area contributed by atoms with Crippen LogP contribution in [0.1, 0.15) is 17.3 Å². The van der Waals surface area contributed by atoms with Crippen LogP contribution in [-0.4, -0.2) is 35.8 Å². The second kappa shape index (κ2) is 7.28. The van der Waals surface area contributed by atoms with Crippen LogP contribution in [0.2, 0.25) is 10.0 Å². The van der Waals surface area contributed by atoms with Crippen molar-refractivity contribution in [3.05, 3.63) is 69.2 Å². The van der Waals surface area contributed by atoms with Crippen LogP contribution in [0.3, 0.4) is 0 Å². The van der Waals surface area contributed by atoms with E-state index in [-0.39, 0.29) is 18.6 Å². The Kier molecular flexibility index (Phi) is 5.27. The summed E-state index contributed by atoms with van der Waals surface area (Å²) >= 11 is 12.1. The number of halogens is 4. The van der Waals surface area contributed by atoms with Crippen molar-refractivity contribution in [1.29, 1.82) is 0 Å². The van der Waals surface area contributed by atoms with Crippen LogP contribution in [0.5, 0.6) is 0 Å². The van der Waals surface area contributed by atoms with Gasteiger partial charge in [-0.2, -0.15) is 0 Å². The summed E-state index contributed by atoms with van der Waals surface area (Å²) in [6.07, 6.45) is 0.154. The fourth-order valence-corrected chi connectivity index (χ4v) is 3.37. The highest BCUT2D eigenvalue weighted by Crippen LogP contribution is 2.33. The molecule has 7 heteroatoms. The predicted molar refractivity (Wildman–Crippen MR) is 93.6 cm³/mol. The van der Waals surface area contributed by atoms with Crippen LogP contribution < -0.4 is 0 Å². The molecule has 1 unspecified atom stereocenters. The number of carbonyl (C=O) groups is 1. The van der Waals surface area contributed by atoms with E-state index in [0.29, 0.717) is 28.6 Å². The first-order valence-corrected chi connectivity index (χ1v) is 8.51. The number of hydrogen-bond acceptors (Lipinski definition) is 2. The summed E-state index contributed by atoms with van der Waals surface area (Å²) in [5, 5.41) is 0.873. The van der Waals surface area contributed by atoms with Crippen LogP contribution in [0.4, 0.5) is 8.78 Å². The third kappa shape index (κ3) is 3.78. The monoisotopic (exact) mass is 384 g/mol. The Bertz CT molecular complexity index is 816. The van der Waals surface area contributed by atoms with E-state index < -0.39 is 11.6 Å². The third-order valence-electron chi connectivity index (χ3n) is 4.28. The van der Waals surface area contributed by atoms with Gasteiger partial charge in [0.05, 0.1) is 16.6 Å². The Balaban J connectivity index is 1.80. The first-order valence-electron chi connectivity index (χ1n) is 7.75.